The van der Waals surface area contributed by atoms with Crippen LogP contribution in [0.1, 0.15) is 57.4 Å². The predicted molar refractivity (Wildman–Crippen MR) is 84.6 cm³/mol. The Morgan fingerprint density at radius 1 is 1.25 bits per heavy atom. The highest BCUT2D eigenvalue weighted by atomic mass is 79.9. The van der Waals surface area contributed by atoms with Gasteiger partial charge in [0.1, 0.15) is 5.69 Å². The number of halogens is 1. The standard InChI is InChI=1S/C16H23BrN2O/c1-15(2)7-12(8-16(3,4)10-15)19-14(20)13-6-5-11(17)9-18-13/h5-6,9,12H,7-8,10H2,1-4H3,(H,19,20). The van der Waals surface area contributed by atoms with Gasteiger partial charge in [0, 0.05) is 16.7 Å². The Labute approximate surface area is 129 Å². The van der Waals surface area contributed by atoms with Gasteiger partial charge in [0.05, 0.1) is 0 Å². The van der Waals surface area contributed by atoms with Gasteiger partial charge >= 0.3 is 0 Å². The summed E-state index contributed by atoms with van der Waals surface area (Å²) in [5.74, 6) is -0.0731. The van der Waals surface area contributed by atoms with Crippen LogP contribution in [0.3, 0.4) is 0 Å². The highest BCUT2D eigenvalue weighted by Gasteiger charge is 2.38. The third kappa shape index (κ3) is 4.05. The number of nitrogens with one attached hydrogen (secondary N) is 1. The molecule has 1 amide bonds. The number of pyridine rings is 1. The van der Waals surface area contributed by atoms with Gasteiger partial charge in [-0.3, -0.25) is 4.79 Å². The van der Waals surface area contributed by atoms with Gasteiger partial charge in [0.25, 0.3) is 5.91 Å². The molecule has 110 valence electrons. The number of hydrogen-bond donors (Lipinski definition) is 1. The van der Waals surface area contributed by atoms with Crippen molar-refractivity contribution >= 4 is 21.8 Å². The topological polar surface area (TPSA) is 42.0 Å². The molecule has 0 radical (unpaired) electrons. The van der Waals surface area contributed by atoms with E-state index in [-0.39, 0.29) is 22.8 Å². The van der Waals surface area contributed by atoms with Gasteiger partial charge in [-0.25, -0.2) is 4.98 Å². The third-order valence-electron chi connectivity index (χ3n) is 3.85. The zero-order valence-corrected chi connectivity index (χ0v) is 14.3. The van der Waals surface area contributed by atoms with Gasteiger partial charge in [-0.2, -0.15) is 0 Å². The number of carbonyl (C=O) groups excluding carboxylic acids is 1. The lowest BCUT2D eigenvalue weighted by atomic mass is 9.63. The van der Waals surface area contributed by atoms with Crippen LogP contribution in [0.4, 0.5) is 0 Å². The Balaban J connectivity index is 2.05. The zero-order valence-electron chi connectivity index (χ0n) is 12.7. The van der Waals surface area contributed by atoms with E-state index in [0.29, 0.717) is 5.69 Å². The second-order valence-corrected chi connectivity index (χ2v) is 8.36. The van der Waals surface area contributed by atoms with E-state index in [9.17, 15) is 4.79 Å². The molecule has 3 nitrogen and oxygen atoms in total. The number of amides is 1. The molecule has 0 atom stereocenters. The van der Waals surface area contributed by atoms with Crippen LogP contribution < -0.4 is 5.32 Å². The van der Waals surface area contributed by atoms with Crippen molar-refractivity contribution in [3.8, 4) is 0 Å². The summed E-state index contributed by atoms with van der Waals surface area (Å²) in [7, 11) is 0. The summed E-state index contributed by atoms with van der Waals surface area (Å²) in [5, 5.41) is 3.15. The maximum atomic E-state index is 12.3. The second-order valence-electron chi connectivity index (χ2n) is 7.45. The Morgan fingerprint density at radius 3 is 2.35 bits per heavy atom. The highest BCUT2D eigenvalue weighted by Crippen LogP contribution is 2.45. The van der Waals surface area contributed by atoms with E-state index in [0.717, 1.165) is 17.3 Å². The summed E-state index contributed by atoms with van der Waals surface area (Å²) in [5.41, 5.74) is 1.02. The third-order valence-corrected chi connectivity index (χ3v) is 4.32. The molecule has 1 N–H and O–H groups in total. The maximum Gasteiger partial charge on any atom is 0.270 e. The smallest absolute Gasteiger partial charge is 0.270 e. The summed E-state index contributed by atoms with van der Waals surface area (Å²) in [6, 6.07) is 3.82. The van der Waals surface area contributed by atoms with Crippen LogP contribution in [0, 0.1) is 10.8 Å². The van der Waals surface area contributed by atoms with E-state index in [1.165, 1.54) is 6.42 Å². The molecule has 4 heteroatoms. The quantitative estimate of drug-likeness (QED) is 0.878. The van der Waals surface area contributed by atoms with E-state index in [1.54, 1.807) is 12.3 Å². The molecule has 1 aliphatic carbocycles. The molecule has 0 unspecified atom stereocenters. The molecule has 0 aliphatic heterocycles. The molecule has 1 aromatic rings. The SMILES string of the molecule is CC1(C)CC(NC(=O)c2ccc(Br)cn2)CC(C)(C)C1. The first-order valence-corrected chi connectivity index (χ1v) is 7.89. The molecular weight excluding hydrogens is 316 g/mol. The molecule has 0 aromatic carbocycles. The minimum atomic E-state index is -0.0731. The normalized spacial score (nSPS) is 21.4. The Kier molecular flexibility index (Phi) is 4.24. The highest BCUT2D eigenvalue weighted by molar-refractivity contribution is 9.10. The van der Waals surface area contributed by atoms with Crippen molar-refractivity contribution in [3.63, 3.8) is 0 Å². The average Bonchev–Trinajstić information content (AvgIpc) is 2.25. The number of rotatable bonds is 2. The van der Waals surface area contributed by atoms with Crippen molar-refractivity contribution in [1.82, 2.24) is 10.3 Å². The predicted octanol–water partition coefficient (Wildman–Crippen LogP) is 4.18. The van der Waals surface area contributed by atoms with Crippen LogP contribution >= 0.6 is 15.9 Å². The molecule has 0 spiro atoms. The number of nitrogens with zero attached hydrogens (tertiary/aromatic N) is 1. The van der Waals surface area contributed by atoms with Crippen LogP contribution in [0.5, 0.6) is 0 Å². The first-order chi connectivity index (χ1) is 9.17. The van der Waals surface area contributed by atoms with E-state index >= 15 is 0 Å². The fraction of sp³-hybridized carbons (Fsp3) is 0.625. The van der Waals surface area contributed by atoms with E-state index in [1.807, 2.05) is 6.07 Å². The van der Waals surface area contributed by atoms with Gasteiger partial charge in [-0.15, -0.1) is 0 Å². The lowest BCUT2D eigenvalue weighted by molar-refractivity contribution is 0.0710. The fourth-order valence-corrected chi connectivity index (χ4v) is 3.95. The minimum absolute atomic E-state index is 0.0731. The monoisotopic (exact) mass is 338 g/mol. The van der Waals surface area contributed by atoms with Gasteiger partial charge < -0.3 is 5.32 Å². The Morgan fingerprint density at radius 2 is 1.85 bits per heavy atom. The van der Waals surface area contributed by atoms with Crippen molar-refractivity contribution < 1.29 is 4.79 Å². The lowest BCUT2D eigenvalue weighted by Gasteiger charge is -2.45. The molecule has 1 aromatic heterocycles. The summed E-state index contributed by atoms with van der Waals surface area (Å²) in [6.45, 7) is 9.13. The van der Waals surface area contributed by atoms with E-state index in [4.69, 9.17) is 0 Å². The first kappa shape index (κ1) is 15.5. The molecular formula is C16H23BrN2O. The summed E-state index contributed by atoms with van der Waals surface area (Å²) >= 11 is 3.33. The second kappa shape index (κ2) is 5.47. The van der Waals surface area contributed by atoms with Crippen molar-refractivity contribution in [2.24, 2.45) is 10.8 Å². The molecule has 0 bridgehead atoms. The molecule has 1 fully saturated rings. The fourth-order valence-electron chi connectivity index (χ4n) is 3.72. The van der Waals surface area contributed by atoms with Crippen LogP contribution in [-0.2, 0) is 0 Å². The summed E-state index contributed by atoms with van der Waals surface area (Å²) < 4.78 is 0.883. The van der Waals surface area contributed by atoms with Crippen molar-refractivity contribution in [2.75, 3.05) is 0 Å². The molecule has 1 heterocycles. The largest absolute Gasteiger partial charge is 0.348 e. The minimum Gasteiger partial charge on any atom is -0.348 e. The number of aromatic nitrogens is 1. The Bertz CT molecular complexity index is 478. The molecule has 1 saturated carbocycles. The first-order valence-electron chi connectivity index (χ1n) is 7.09. The van der Waals surface area contributed by atoms with Crippen LogP contribution in [0.15, 0.2) is 22.8 Å². The summed E-state index contributed by atoms with van der Waals surface area (Å²) in [4.78, 5) is 16.4. The number of carbonyl (C=O) groups is 1. The van der Waals surface area contributed by atoms with Crippen LogP contribution in [0.25, 0.3) is 0 Å². The van der Waals surface area contributed by atoms with Gasteiger partial charge in [0.2, 0.25) is 0 Å². The maximum absolute atomic E-state index is 12.3. The van der Waals surface area contributed by atoms with E-state index < -0.39 is 0 Å². The van der Waals surface area contributed by atoms with Crippen molar-refractivity contribution in [1.29, 1.82) is 0 Å². The van der Waals surface area contributed by atoms with Crippen molar-refractivity contribution in [2.45, 2.75) is 53.0 Å². The molecule has 0 saturated heterocycles. The van der Waals surface area contributed by atoms with Crippen LogP contribution in [0.2, 0.25) is 0 Å². The van der Waals surface area contributed by atoms with Gasteiger partial charge in [-0.05, 0) is 58.2 Å². The Hall–Kier alpha value is -0.900. The van der Waals surface area contributed by atoms with Gasteiger partial charge in [-0.1, -0.05) is 27.7 Å². The zero-order chi connectivity index (χ0) is 15.0. The molecule has 20 heavy (non-hydrogen) atoms. The molecule has 2 rings (SSSR count). The van der Waals surface area contributed by atoms with Crippen LogP contribution in [-0.4, -0.2) is 16.9 Å². The van der Waals surface area contributed by atoms with Gasteiger partial charge in [0.15, 0.2) is 0 Å². The van der Waals surface area contributed by atoms with Crippen molar-refractivity contribution in [3.05, 3.63) is 28.5 Å². The average molecular weight is 339 g/mol. The summed E-state index contributed by atoms with van der Waals surface area (Å²) in [6.07, 6.45) is 4.91. The number of hydrogen-bond acceptors (Lipinski definition) is 2. The lowest BCUT2D eigenvalue weighted by Crippen LogP contribution is -2.46. The van der Waals surface area contributed by atoms with E-state index in [2.05, 4.69) is 53.9 Å². The molecule has 1 aliphatic rings.